The third kappa shape index (κ3) is 6.97. The number of benzene rings is 2. The van der Waals surface area contributed by atoms with Gasteiger partial charge >= 0.3 is 0 Å². The predicted octanol–water partition coefficient (Wildman–Crippen LogP) is 5.83. The highest BCUT2D eigenvalue weighted by Crippen LogP contribution is 2.25. The van der Waals surface area contributed by atoms with Crippen LogP contribution in [-0.4, -0.2) is 29.0 Å². The Hall–Kier alpha value is -2.57. The molecule has 0 aliphatic heterocycles. The summed E-state index contributed by atoms with van der Waals surface area (Å²) in [5.74, 6) is 1.81. The maximum absolute atomic E-state index is 12.4. The lowest BCUT2D eigenvalue weighted by Crippen LogP contribution is -2.36. The number of nitrogens with zero attached hydrogens (tertiary/aromatic N) is 3. The van der Waals surface area contributed by atoms with Gasteiger partial charge in [-0.2, -0.15) is 0 Å². The molecule has 1 amide bonds. The molecule has 0 bridgehead atoms. The predicted molar refractivity (Wildman–Crippen MR) is 133 cm³/mol. The Morgan fingerprint density at radius 2 is 1.72 bits per heavy atom. The molecule has 1 aromatic heterocycles. The Morgan fingerprint density at radius 1 is 1.03 bits per heavy atom. The summed E-state index contributed by atoms with van der Waals surface area (Å²) in [5.41, 5.74) is 2.95. The second-order valence-corrected chi connectivity index (χ2v) is 9.49. The van der Waals surface area contributed by atoms with E-state index in [-0.39, 0.29) is 11.9 Å². The number of halogens is 1. The fraction of sp³-hybridized carbons (Fsp3) is 0.320. The number of nitrogens with one attached hydrogen (secondary N) is 1. The molecule has 0 fully saturated rings. The van der Waals surface area contributed by atoms with Crippen molar-refractivity contribution < 1.29 is 4.79 Å². The number of carbonyl (C=O) groups excluding carboxylic acids is 1. The van der Waals surface area contributed by atoms with E-state index in [0.717, 1.165) is 17.9 Å². The average molecular weight is 469 g/mol. The van der Waals surface area contributed by atoms with Gasteiger partial charge < -0.3 is 10.2 Å². The molecular weight excluding hydrogens is 440 g/mol. The lowest BCUT2D eigenvalue weighted by molar-refractivity contribution is 0.0930. The number of anilines is 1. The van der Waals surface area contributed by atoms with Crippen molar-refractivity contribution in [3.63, 3.8) is 0 Å². The van der Waals surface area contributed by atoms with E-state index in [1.807, 2.05) is 56.4 Å². The third-order valence-corrected chi connectivity index (χ3v) is 6.37. The molecular formula is C25H29ClN4OS. The zero-order valence-electron chi connectivity index (χ0n) is 18.9. The Labute approximate surface area is 199 Å². The van der Waals surface area contributed by atoms with Gasteiger partial charge in [-0.1, -0.05) is 79.7 Å². The standard InChI is InChI=1S/C25H29ClN4OS/c1-17(2)18(3)27-24(31)21-12-10-20(11-13-21)16-32-25-28-22(26)14-23(29-25)30(4)15-19-8-6-5-7-9-19/h5-14,17-18H,15-16H2,1-4H3,(H,27,31). The van der Waals surface area contributed by atoms with Crippen LogP contribution in [0.25, 0.3) is 0 Å². The molecule has 0 aliphatic carbocycles. The van der Waals surface area contributed by atoms with Crippen LogP contribution in [0, 0.1) is 5.92 Å². The fourth-order valence-electron chi connectivity index (χ4n) is 2.94. The molecule has 1 unspecified atom stereocenters. The van der Waals surface area contributed by atoms with Crippen molar-refractivity contribution in [2.75, 3.05) is 11.9 Å². The van der Waals surface area contributed by atoms with Crippen molar-refractivity contribution in [3.05, 3.63) is 82.5 Å². The summed E-state index contributed by atoms with van der Waals surface area (Å²) in [6.45, 7) is 6.93. The first-order valence-electron chi connectivity index (χ1n) is 10.6. The van der Waals surface area contributed by atoms with E-state index in [9.17, 15) is 4.79 Å². The van der Waals surface area contributed by atoms with Crippen LogP contribution in [0.15, 0.2) is 65.8 Å². The zero-order valence-corrected chi connectivity index (χ0v) is 20.5. The van der Waals surface area contributed by atoms with E-state index in [1.165, 1.54) is 17.3 Å². The summed E-state index contributed by atoms with van der Waals surface area (Å²) in [6.07, 6.45) is 0. The largest absolute Gasteiger partial charge is 0.355 e. The van der Waals surface area contributed by atoms with E-state index in [2.05, 4.69) is 46.2 Å². The van der Waals surface area contributed by atoms with Gasteiger partial charge in [0.2, 0.25) is 0 Å². The maximum Gasteiger partial charge on any atom is 0.251 e. The van der Waals surface area contributed by atoms with Gasteiger partial charge in [-0.05, 0) is 36.1 Å². The molecule has 3 rings (SSSR count). The van der Waals surface area contributed by atoms with Crippen LogP contribution in [0.1, 0.15) is 42.3 Å². The minimum absolute atomic E-state index is 0.0466. The van der Waals surface area contributed by atoms with Gasteiger partial charge in [0.05, 0.1) is 0 Å². The first-order valence-corrected chi connectivity index (χ1v) is 12.0. The summed E-state index contributed by atoms with van der Waals surface area (Å²) in [5, 5.41) is 4.07. The highest BCUT2D eigenvalue weighted by atomic mass is 35.5. The van der Waals surface area contributed by atoms with Crippen molar-refractivity contribution in [3.8, 4) is 0 Å². The van der Waals surface area contributed by atoms with E-state index < -0.39 is 0 Å². The van der Waals surface area contributed by atoms with Crippen LogP contribution in [0.4, 0.5) is 5.82 Å². The van der Waals surface area contributed by atoms with Gasteiger partial charge in [0.1, 0.15) is 11.0 Å². The molecule has 0 aliphatic rings. The number of carbonyl (C=O) groups is 1. The Morgan fingerprint density at radius 3 is 2.38 bits per heavy atom. The van der Waals surface area contributed by atoms with Crippen molar-refractivity contribution in [2.45, 2.75) is 44.3 Å². The molecule has 0 saturated carbocycles. The first kappa shape index (κ1) is 24.1. The second kappa shape index (κ2) is 11.3. The fourth-order valence-corrected chi connectivity index (χ4v) is 3.98. The molecule has 1 N–H and O–H groups in total. The minimum atomic E-state index is -0.0466. The average Bonchev–Trinajstić information content (AvgIpc) is 2.78. The van der Waals surface area contributed by atoms with Gasteiger partial charge in [-0.25, -0.2) is 9.97 Å². The molecule has 5 nitrogen and oxygen atoms in total. The summed E-state index contributed by atoms with van der Waals surface area (Å²) in [7, 11) is 1.99. The number of amides is 1. The number of rotatable bonds is 9. The van der Waals surface area contributed by atoms with Crippen molar-refractivity contribution in [1.29, 1.82) is 0 Å². The lowest BCUT2D eigenvalue weighted by atomic mass is 10.1. The molecule has 7 heteroatoms. The number of thioether (sulfide) groups is 1. The third-order valence-electron chi connectivity index (χ3n) is 5.26. The van der Waals surface area contributed by atoms with Crippen LogP contribution < -0.4 is 10.2 Å². The topological polar surface area (TPSA) is 58.1 Å². The highest BCUT2D eigenvalue weighted by Gasteiger charge is 2.13. The molecule has 32 heavy (non-hydrogen) atoms. The Kier molecular flexibility index (Phi) is 8.53. The van der Waals surface area contributed by atoms with Crippen molar-refractivity contribution in [1.82, 2.24) is 15.3 Å². The van der Waals surface area contributed by atoms with Gasteiger partial charge in [0.25, 0.3) is 5.91 Å². The van der Waals surface area contributed by atoms with Crippen LogP contribution >= 0.6 is 23.4 Å². The smallest absolute Gasteiger partial charge is 0.251 e. The van der Waals surface area contributed by atoms with Crippen LogP contribution in [0.5, 0.6) is 0 Å². The van der Waals surface area contributed by atoms with E-state index >= 15 is 0 Å². The van der Waals surface area contributed by atoms with Crippen LogP contribution in [0.3, 0.4) is 0 Å². The van der Waals surface area contributed by atoms with Gasteiger partial charge in [-0.15, -0.1) is 0 Å². The Balaban J connectivity index is 1.61. The van der Waals surface area contributed by atoms with Gasteiger partial charge in [0, 0.05) is 37.0 Å². The number of aromatic nitrogens is 2. The number of hydrogen-bond acceptors (Lipinski definition) is 5. The SMILES string of the molecule is CC(C)C(C)NC(=O)c1ccc(CSc2nc(Cl)cc(N(C)Cc3ccccc3)n2)cc1. The molecule has 3 aromatic rings. The van der Waals surface area contributed by atoms with Crippen LogP contribution in [-0.2, 0) is 12.3 Å². The summed E-state index contributed by atoms with van der Waals surface area (Å²) < 4.78 is 0. The monoisotopic (exact) mass is 468 g/mol. The van der Waals surface area contributed by atoms with Crippen LogP contribution in [0.2, 0.25) is 5.15 Å². The summed E-state index contributed by atoms with van der Waals surface area (Å²) >= 11 is 7.78. The zero-order chi connectivity index (χ0) is 23.1. The maximum atomic E-state index is 12.4. The van der Waals surface area contributed by atoms with Gasteiger partial charge in [0.15, 0.2) is 5.16 Å². The van der Waals surface area contributed by atoms with Crippen molar-refractivity contribution in [2.24, 2.45) is 5.92 Å². The Bertz CT molecular complexity index is 1030. The lowest BCUT2D eigenvalue weighted by Gasteiger charge is -2.19. The molecule has 168 valence electrons. The minimum Gasteiger partial charge on any atom is -0.355 e. The normalized spacial score (nSPS) is 11.9. The molecule has 1 atom stereocenters. The van der Waals surface area contributed by atoms with E-state index in [4.69, 9.17) is 11.6 Å². The van der Waals surface area contributed by atoms with Gasteiger partial charge in [-0.3, -0.25) is 4.79 Å². The highest BCUT2D eigenvalue weighted by molar-refractivity contribution is 7.98. The first-order chi connectivity index (χ1) is 15.3. The number of hydrogen-bond donors (Lipinski definition) is 1. The van der Waals surface area contributed by atoms with Crippen molar-refractivity contribution >= 4 is 35.1 Å². The second-order valence-electron chi connectivity index (χ2n) is 8.16. The molecule has 0 saturated heterocycles. The molecule has 0 spiro atoms. The summed E-state index contributed by atoms with van der Waals surface area (Å²) in [6, 6.07) is 19.8. The van der Waals surface area contributed by atoms with E-state index in [0.29, 0.717) is 27.5 Å². The van der Waals surface area contributed by atoms with E-state index in [1.54, 1.807) is 6.07 Å². The molecule has 0 radical (unpaired) electrons. The molecule has 1 heterocycles. The summed E-state index contributed by atoms with van der Waals surface area (Å²) in [4.78, 5) is 23.4. The quantitative estimate of drug-likeness (QED) is 0.243. The molecule has 2 aromatic carbocycles.